The number of amidine groups is 1. The standard InChI is InChI=1S/C14H19N3O3S/c15-14-13-11(9-21(18,19)17-14)2-1-3-12(13)20-8-10-4-6-16-7-5-10/h1-3,10,16H,4-9H2,(H2,15,17)/p+1. The quantitative estimate of drug-likeness (QED) is 0.793. The average Bonchev–Trinajstić information content (AvgIpc) is 2.44. The highest BCUT2D eigenvalue weighted by molar-refractivity contribution is 7.89. The average molecular weight is 310 g/mol. The van der Waals surface area contributed by atoms with Crippen LogP contribution in [0.3, 0.4) is 0 Å². The van der Waals surface area contributed by atoms with Gasteiger partial charge in [-0.15, -0.1) is 4.40 Å². The van der Waals surface area contributed by atoms with Gasteiger partial charge in [0.1, 0.15) is 11.6 Å². The molecule has 1 fully saturated rings. The van der Waals surface area contributed by atoms with E-state index in [1.54, 1.807) is 12.1 Å². The van der Waals surface area contributed by atoms with Gasteiger partial charge in [-0.3, -0.25) is 0 Å². The van der Waals surface area contributed by atoms with Crippen molar-refractivity contribution in [3.05, 3.63) is 29.3 Å². The summed E-state index contributed by atoms with van der Waals surface area (Å²) in [5.74, 6) is 1.11. The second-order valence-electron chi connectivity index (χ2n) is 5.61. The van der Waals surface area contributed by atoms with E-state index in [0.29, 0.717) is 29.4 Å². The Morgan fingerprint density at radius 1 is 1.33 bits per heavy atom. The first kappa shape index (κ1) is 14.3. The predicted molar refractivity (Wildman–Crippen MR) is 79.7 cm³/mol. The van der Waals surface area contributed by atoms with Crippen LogP contribution >= 0.6 is 0 Å². The van der Waals surface area contributed by atoms with Gasteiger partial charge in [0.2, 0.25) is 0 Å². The fourth-order valence-corrected chi connectivity index (χ4v) is 3.99. The van der Waals surface area contributed by atoms with Crippen molar-refractivity contribution in [2.24, 2.45) is 16.0 Å². The lowest BCUT2D eigenvalue weighted by atomic mass is 9.99. The maximum atomic E-state index is 11.6. The van der Waals surface area contributed by atoms with Gasteiger partial charge in [-0.05, 0) is 11.6 Å². The molecule has 4 N–H and O–H groups in total. The molecule has 2 aliphatic heterocycles. The summed E-state index contributed by atoms with van der Waals surface area (Å²) in [5.41, 5.74) is 7.12. The fourth-order valence-electron chi connectivity index (χ4n) is 2.90. The summed E-state index contributed by atoms with van der Waals surface area (Å²) in [6.45, 7) is 2.93. The van der Waals surface area contributed by atoms with E-state index in [1.807, 2.05) is 6.07 Å². The Labute approximate surface area is 124 Å². The van der Waals surface area contributed by atoms with Gasteiger partial charge in [0.15, 0.2) is 0 Å². The third-order valence-corrected chi connectivity index (χ3v) is 5.13. The fraction of sp³-hybridized carbons (Fsp3) is 0.500. The highest BCUT2D eigenvalue weighted by Gasteiger charge is 2.25. The van der Waals surface area contributed by atoms with Crippen LogP contribution in [0.5, 0.6) is 5.75 Å². The summed E-state index contributed by atoms with van der Waals surface area (Å²) in [7, 11) is -3.49. The molecule has 21 heavy (non-hydrogen) atoms. The topological polar surface area (TPSA) is 98.4 Å². The van der Waals surface area contributed by atoms with Crippen LogP contribution in [0.4, 0.5) is 0 Å². The molecule has 0 spiro atoms. The lowest BCUT2D eigenvalue weighted by molar-refractivity contribution is -0.664. The second kappa shape index (κ2) is 5.65. The number of hydrogen-bond donors (Lipinski definition) is 2. The number of sulfonamides is 1. The van der Waals surface area contributed by atoms with Gasteiger partial charge in [0, 0.05) is 18.8 Å². The molecule has 0 aliphatic carbocycles. The largest absolute Gasteiger partial charge is 0.493 e. The highest BCUT2D eigenvalue weighted by Crippen LogP contribution is 2.28. The molecule has 0 atom stereocenters. The number of hydrogen-bond acceptors (Lipinski definition) is 4. The summed E-state index contributed by atoms with van der Waals surface area (Å²) >= 11 is 0. The van der Waals surface area contributed by atoms with Crippen molar-refractivity contribution in [2.75, 3.05) is 19.7 Å². The second-order valence-corrected chi connectivity index (χ2v) is 7.25. The van der Waals surface area contributed by atoms with Crippen LogP contribution in [0.25, 0.3) is 0 Å². The van der Waals surface area contributed by atoms with Crippen LogP contribution < -0.4 is 15.8 Å². The number of benzene rings is 1. The minimum atomic E-state index is -3.49. The lowest BCUT2D eigenvalue weighted by Crippen LogP contribution is -2.86. The Bertz CT molecular complexity index is 664. The molecule has 2 aliphatic rings. The molecule has 1 saturated heterocycles. The summed E-state index contributed by atoms with van der Waals surface area (Å²) in [4.78, 5) is 0. The van der Waals surface area contributed by atoms with Gasteiger partial charge in [0.25, 0.3) is 10.0 Å². The van der Waals surface area contributed by atoms with Crippen molar-refractivity contribution in [2.45, 2.75) is 18.6 Å². The summed E-state index contributed by atoms with van der Waals surface area (Å²) < 4.78 is 32.8. The normalized spacial score (nSPS) is 21.4. The summed E-state index contributed by atoms with van der Waals surface area (Å²) in [6.07, 6.45) is 2.29. The smallest absolute Gasteiger partial charge is 0.259 e. The minimum absolute atomic E-state index is 0.0313. The number of ether oxygens (including phenoxy) is 1. The van der Waals surface area contributed by atoms with Gasteiger partial charge < -0.3 is 15.8 Å². The Hall–Kier alpha value is -1.60. The van der Waals surface area contributed by atoms with Crippen molar-refractivity contribution < 1.29 is 18.5 Å². The number of quaternary nitrogens is 1. The number of nitrogens with two attached hydrogens (primary N) is 2. The molecule has 7 heteroatoms. The zero-order chi connectivity index (χ0) is 14.9. The van der Waals surface area contributed by atoms with Gasteiger partial charge in [0.05, 0.1) is 31.0 Å². The highest BCUT2D eigenvalue weighted by atomic mass is 32.2. The van der Waals surface area contributed by atoms with Crippen LogP contribution in [0.2, 0.25) is 0 Å². The first-order valence-electron chi connectivity index (χ1n) is 7.20. The van der Waals surface area contributed by atoms with Crippen molar-refractivity contribution in [3.8, 4) is 5.75 Å². The number of rotatable bonds is 3. The Balaban J connectivity index is 1.81. The molecule has 0 saturated carbocycles. The first-order chi connectivity index (χ1) is 10.1. The number of piperidine rings is 1. The number of nitrogens with zero attached hydrogens (tertiary/aromatic N) is 1. The molecular formula is C14H20N3O3S+. The van der Waals surface area contributed by atoms with Crippen LogP contribution in [0.15, 0.2) is 22.6 Å². The van der Waals surface area contributed by atoms with Crippen LogP contribution in [0.1, 0.15) is 24.0 Å². The molecular weight excluding hydrogens is 290 g/mol. The Morgan fingerprint density at radius 2 is 2.10 bits per heavy atom. The van der Waals surface area contributed by atoms with Crippen molar-refractivity contribution in [3.63, 3.8) is 0 Å². The first-order valence-corrected chi connectivity index (χ1v) is 8.81. The molecule has 6 nitrogen and oxygen atoms in total. The van der Waals surface area contributed by atoms with Crippen LogP contribution in [0, 0.1) is 5.92 Å². The molecule has 3 rings (SSSR count). The van der Waals surface area contributed by atoms with Gasteiger partial charge in [-0.1, -0.05) is 12.1 Å². The van der Waals surface area contributed by atoms with E-state index < -0.39 is 10.0 Å². The van der Waals surface area contributed by atoms with Crippen molar-refractivity contribution >= 4 is 15.9 Å². The van der Waals surface area contributed by atoms with Gasteiger partial charge >= 0.3 is 0 Å². The molecule has 2 heterocycles. The molecule has 0 unspecified atom stereocenters. The zero-order valence-electron chi connectivity index (χ0n) is 11.8. The Kier molecular flexibility index (Phi) is 3.86. The predicted octanol–water partition coefficient (Wildman–Crippen LogP) is -0.412. The molecule has 1 aromatic rings. The molecule has 0 aromatic heterocycles. The third-order valence-electron chi connectivity index (χ3n) is 3.98. The summed E-state index contributed by atoms with van der Waals surface area (Å²) in [6, 6.07) is 5.39. The number of fused-ring (bicyclic) bond motifs is 1. The molecule has 0 radical (unpaired) electrons. The Morgan fingerprint density at radius 3 is 2.86 bits per heavy atom. The van der Waals surface area contributed by atoms with Crippen molar-refractivity contribution in [1.82, 2.24) is 0 Å². The molecule has 0 bridgehead atoms. The zero-order valence-corrected chi connectivity index (χ0v) is 12.6. The van der Waals surface area contributed by atoms with E-state index in [1.165, 1.54) is 0 Å². The molecule has 1 aromatic carbocycles. The SMILES string of the molecule is NC1=NS(=O)(=O)Cc2cccc(OCC3CC[NH2+]CC3)c21. The van der Waals surface area contributed by atoms with E-state index in [-0.39, 0.29) is 11.6 Å². The monoisotopic (exact) mass is 310 g/mol. The van der Waals surface area contributed by atoms with E-state index in [0.717, 1.165) is 25.9 Å². The maximum Gasteiger partial charge on any atom is 0.259 e. The third kappa shape index (κ3) is 3.19. The summed E-state index contributed by atoms with van der Waals surface area (Å²) in [5, 5.41) is 2.32. The van der Waals surface area contributed by atoms with Crippen molar-refractivity contribution in [1.29, 1.82) is 0 Å². The molecule has 114 valence electrons. The van der Waals surface area contributed by atoms with Gasteiger partial charge in [-0.25, -0.2) is 8.42 Å². The molecule has 0 amide bonds. The van der Waals surface area contributed by atoms with E-state index in [9.17, 15) is 8.42 Å². The lowest BCUT2D eigenvalue weighted by Gasteiger charge is -2.22. The van der Waals surface area contributed by atoms with Gasteiger partial charge in [-0.2, -0.15) is 0 Å². The maximum absolute atomic E-state index is 11.6. The van der Waals surface area contributed by atoms with E-state index >= 15 is 0 Å². The van der Waals surface area contributed by atoms with Crippen LogP contribution in [-0.4, -0.2) is 33.9 Å². The minimum Gasteiger partial charge on any atom is -0.493 e. The van der Waals surface area contributed by atoms with Crippen LogP contribution in [-0.2, 0) is 15.8 Å². The van der Waals surface area contributed by atoms with E-state index in [4.69, 9.17) is 10.5 Å². The van der Waals surface area contributed by atoms with E-state index in [2.05, 4.69) is 9.71 Å².